The Balaban J connectivity index is 1.17. The summed E-state index contributed by atoms with van der Waals surface area (Å²) < 4.78 is 6.78. The van der Waals surface area contributed by atoms with Crippen molar-refractivity contribution in [1.29, 1.82) is 0 Å². The van der Waals surface area contributed by atoms with E-state index in [0.717, 1.165) is 41.4 Å². The van der Waals surface area contributed by atoms with Crippen LogP contribution in [0, 0.1) is 0 Å². The molecule has 0 unspecified atom stereocenters. The van der Waals surface area contributed by atoms with Gasteiger partial charge < -0.3 is 14.5 Å². The highest BCUT2D eigenvalue weighted by Crippen LogP contribution is 2.38. The van der Waals surface area contributed by atoms with E-state index >= 15 is 0 Å². The molecule has 1 aromatic carbocycles. The van der Waals surface area contributed by atoms with E-state index in [1.54, 1.807) is 11.0 Å². The minimum atomic E-state index is -0.237. The summed E-state index contributed by atoms with van der Waals surface area (Å²) in [4.78, 5) is 28.9. The van der Waals surface area contributed by atoms with Gasteiger partial charge in [-0.25, -0.2) is 4.68 Å². The first-order valence-electron chi connectivity index (χ1n) is 11.8. The van der Waals surface area contributed by atoms with Crippen LogP contribution in [0.15, 0.2) is 53.3 Å². The molecule has 0 spiro atoms. The van der Waals surface area contributed by atoms with E-state index in [1.165, 1.54) is 10.7 Å². The molecule has 1 saturated carbocycles. The number of hydrogen-bond donors (Lipinski definition) is 0. The minimum Gasteiger partial charge on any atom is -0.494 e. The highest BCUT2D eigenvalue weighted by atomic mass is 16.5. The lowest BCUT2D eigenvalue weighted by Gasteiger charge is -2.35. The summed E-state index contributed by atoms with van der Waals surface area (Å²) in [7, 11) is 0. The molecule has 1 amide bonds. The Hall–Kier alpha value is -3.75. The molecule has 3 heterocycles. The van der Waals surface area contributed by atoms with E-state index in [-0.39, 0.29) is 18.0 Å². The first-order valence-corrected chi connectivity index (χ1v) is 11.8. The standard InChI is InChI=1S/C25H28N6O3/c1-2-34-20-7-5-18(6-8-20)21-9-11-23(27-26-21)29-13-15-30(16-14-29)25(33)17-31-24(32)12-10-22(28-31)19-3-4-19/h5-12,19H,2-4,13-17H2,1H3. The van der Waals surface area contributed by atoms with E-state index in [2.05, 4.69) is 20.2 Å². The van der Waals surface area contributed by atoms with Gasteiger partial charge in [0, 0.05) is 43.7 Å². The fourth-order valence-electron chi connectivity index (χ4n) is 4.12. The topological polar surface area (TPSA) is 93.5 Å². The average Bonchev–Trinajstić information content (AvgIpc) is 3.72. The molecule has 2 aromatic heterocycles. The lowest BCUT2D eigenvalue weighted by molar-refractivity contribution is -0.132. The molecule has 0 atom stereocenters. The SMILES string of the molecule is CCOc1ccc(-c2ccc(N3CCN(C(=O)Cn4nc(C5CC5)ccc4=O)CC3)nn2)cc1. The maximum absolute atomic E-state index is 12.8. The summed E-state index contributed by atoms with van der Waals surface area (Å²) >= 11 is 0. The van der Waals surface area contributed by atoms with Crippen molar-refractivity contribution in [2.45, 2.75) is 32.2 Å². The lowest BCUT2D eigenvalue weighted by Crippen LogP contribution is -2.50. The number of benzene rings is 1. The molecule has 5 rings (SSSR count). The van der Waals surface area contributed by atoms with Crippen molar-refractivity contribution < 1.29 is 9.53 Å². The smallest absolute Gasteiger partial charge is 0.267 e. The van der Waals surface area contributed by atoms with Gasteiger partial charge in [-0.3, -0.25) is 9.59 Å². The molecule has 1 aliphatic carbocycles. The zero-order valence-corrected chi connectivity index (χ0v) is 19.3. The first kappa shape index (κ1) is 22.1. The zero-order valence-electron chi connectivity index (χ0n) is 19.3. The number of piperazine rings is 1. The van der Waals surface area contributed by atoms with Gasteiger partial charge in [0.25, 0.3) is 5.56 Å². The highest BCUT2D eigenvalue weighted by Gasteiger charge is 2.27. The van der Waals surface area contributed by atoms with Crippen LogP contribution in [0.25, 0.3) is 11.3 Å². The molecule has 0 radical (unpaired) electrons. The van der Waals surface area contributed by atoms with Crippen molar-refractivity contribution in [2.24, 2.45) is 0 Å². The van der Waals surface area contributed by atoms with E-state index in [0.29, 0.717) is 38.7 Å². The predicted molar refractivity (Wildman–Crippen MR) is 128 cm³/mol. The molecular weight excluding hydrogens is 432 g/mol. The van der Waals surface area contributed by atoms with Crippen molar-refractivity contribution in [2.75, 3.05) is 37.7 Å². The van der Waals surface area contributed by atoms with Crippen LogP contribution < -0.4 is 15.2 Å². The molecule has 9 nitrogen and oxygen atoms in total. The van der Waals surface area contributed by atoms with Crippen LogP contribution in [-0.2, 0) is 11.3 Å². The number of carbonyl (C=O) groups excluding carboxylic acids is 1. The average molecular weight is 461 g/mol. The molecule has 34 heavy (non-hydrogen) atoms. The van der Waals surface area contributed by atoms with Gasteiger partial charge in [-0.2, -0.15) is 5.10 Å². The predicted octanol–water partition coefficient (Wildman–Crippen LogP) is 2.33. The van der Waals surface area contributed by atoms with Crippen molar-refractivity contribution in [3.8, 4) is 17.0 Å². The highest BCUT2D eigenvalue weighted by molar-refractivity contribution is 5.76. The zero-order chi connectivity index (χ0) is 23.5. The van der Waals surface area contributed by atoms with Crippen molar-refractivity contribution >= 4 is 11.7 Å². The number of nitrogens with zero attached hydrogens (tertiary/aromatic N) is 6. The van der Waals surface area contributed by atoms with Gasteiger partial charge in [-0.15, -0.1) is 10.2 Å². The van der Waals surface area contributed by atoms with Gasteiger partial charge in [0.15, 0.2) is 5.82 Å². The Morgan fingerprint density at radius 3 is 2.38 bits per heavy atom. The van der Waals surface area contributed by atoms with Crippen molar-refractivity contribution in [3.05, 3.63) is 64.6 Å². The first-order chi connectivity index (χ1) is 16.6. The summed E-state index contributed by atoms with van der Waals surface area (Å²) in [6.45, 7) is 5.03. The van der Waals surface area contributed by atoms with E-state index in [4.69, 9.17) is 4.74 Å². The molecule has 9 heteroatoms. The number of amides is 1. The summed E-state index contributed by atoms with van der Waals surface area (Å²) in [6.07, 6.45) is 2.20. The Labute approximate surface area is 198 Å². The normalized spacial score (nSPS) is 15.9. The van der Waals surface area contributed by atoms with Gasteiger partial charge in [0.2, 0.25) is 5.91 Å². The fraction of sp³-hybridized carbons (Fsp3) is 0.400. The van der Waals surface area contributed by atoms with Crippen LogP contribution >= 0.6 is 0 Å². The molecule has 2 aliphatic rings. The molecule has 1 saturated heterocycles. The van der Waals surface area contributed by atoms with Crippen molar-refractivity contribution in [1.82, 2.24) is 24.9 Å². The summed E-state index contributed by atoms with van der Waals surface area (Å²) in [5.41, 5.74) is 2.45. The van der Waals surface area contributed by atoms with Crippen molar-refractivity contribution in [3.63, 3.8) is 0 Å². The Morgan fingerprint density at radius 2 is 1.74 bits per heavy atom. The lowest BCUT2D eigenvalue weighted by atomic mass is 10.1. The van der Waals surface area contributed by atoms with Gasteiger partial charge in [-0.1, -0.05) is 0 Å². The molecule has 0 N–H and O–H groups in total. The van der Waals surface area contributed by atoms with Gasteiger partial charge in [0.1, 0.15) is 12.3 Å². The summed E-state index contributed by atoms with van der Waals surface area (Å²) in [6, 6.07) is 15.0. The number of aromatic nitrogens is 4. The van der Waals surface area contributed by atoms with Crippen LogP contribution in [0.4, 0.5) is 5.82 Å². The molecule has 2 fully saturated rings. The number of rotatable bonds is 7. The monoisotopic (exact) mass is 460 g/mol. The second-order valence-corrected chi connectivity index (χ2v) is 8.63. The summed E-state index contributed by atoms with van der Waals surface area (Å²) in [5.74, 6) is 1.97. The van der Waals surface area contributed by atoms with Crippen LogP contribution in [0.3, 0.4) is 0 Å². The second-order valence-electron chi connectivity index (χ2n) is 8.63. The van der Waals surface area contributed by atoms with E-state index < -0.39 is 0 Å². The number of ether oxygens (including phenoxy) is 1. The van der Waals surface area contributed by atoms with E-state index in [9.17, 15) is 9.59 Å². The Kier molecular flexibility index (Phi) is 6.24. The largest absolute Gasteiger partial charge is 0.494 e. The Morgan fingerprint density at radius 1 is 0.971 bits per heavy atom. The number of anilines is 1. The number of carbonyl (C=O) groups is 1. The van der Waals surface area contributed by atoms with Gasteiger partial charge in [0.05, 0.1) is 18.0 Å². The maximum atomic E-state index is 12.8. The summed E-state index contributed by atoms with van der Waals surface area (Å²) in [5, 5.41) is 13.2. The molecule has 176 valence electrons. The molecule has 1 aliphatic heterocycles. The van der Waals surface area contributed by atoms with Crippen LogP contribution in [0.5, 0.6) is 5.75 Å². The molecule has 0 bridgehead atoms. The second kappa shape index (κ2) is 9.62. The maximum Gasteiger partial charge on any atom is 0.267 e. The van der Waals surface area contributed by atoms with E-state index in [1.807, 2.05) is 43.3 Å². The minimum absolute atomic E-state index is 0.0179. The quantitative estimate of drug-likeness (QED) is 0.534. The third kappa shape index (κ3) is 4.93. The third-order valence-corrected chi connectivity index (χ3v) is 6.24. The number of hydrogen-bond acceptors (Lipinski definition) is 7. The Bertz CT molecular complexity index is 1200. The van der Waals surface area contributed by atoms with Crippen LogP contribution in [0.2, 0.25) is 0 Å². The molecular formula is C25H28N6O3. The third-order valence-electron chi connectivity index (χ3n) is 6.24. The molecule has 3 aromatic rings. The van der Waals surface area contributed by atoms with Crippen LogP contribution in [0.1, 0.15) is 31.4 Å². The van der Waals surface area contributed by atoms with Gasteiger partial charge >= 0.3 is 0 Å². The fourth-order valence-corrected chi connectivity index (χ4v) is 4.12. The van der Waals surface area contributed by atoms with Crippen LogP contribution in [-0.4, -0.2) is 63.6 Å². The van der Waals surface area contributed by atoms with Gasteiger partial charge in [-0.05, 0) is 62.2 Å².